The molecule has 0 unspecified atom stereocenters. The lowest BCUT2D eigenvalue weighted by Gasteiger charge is -2.06. The molecule has 11 heteroatoms. The summed E-state index contributed by atoms with van der Waals surface area (Å²) in [6.07, 6.45) is 0.832. The van der Waals surface area contributed by atoms with Gasteiger partial charge in [0.2, 0.25) is 0 Å². The molecule has 1 aromatic rings. The average molecular weight is 351 g/mol. The first kappa shape index (κ1) is 18.0. The average Bonchev–Trinajstić information content (AvgIpc) is 2.36. The van der Waals surface area contributed by atoms with Crippen molar-refractivity contribution in [1.82, 2.24) is 0 Å². The van der Waals surface area contributed by atoms with Crippen LogP contribution < -0.4 is 0 Å². The number of sulfone groups is 2. The van der Waals surface area contributed by atoms with Gasteiger partial charge in [0, 0.05) is 12.3 Å². The lowest BCUT2D eigenvalue weighted by molar-refractivity contribution is -0.388. The van der Waals surface area contributed by atoms with Crippen LogP contribution in [-0.4, -0.2) is 46.3 Å². The summed E-state index contributed by atoms with van der Waals surface area (Å²) in [6, 6.07) is 2.37. The van der Waals surface area contributed by atoms with Crippen LogP contribution in [0.5, 0.6) is 0 Å². The maximum absolute atomic E-state index is 12.0. The van der Waals surface area contributed by atoms with Gasteiger partial charge in [-0.2, -0.15) is 0 Å². The Morgan fingerprint density at radius 3 is 2.32 bits per heavy atom. The normalized spacial score (nSPS) is 11.9. The van der Waals surface area contributed by atoms with Crippen molar-refractivity contribution in [3.05, 3.63) is 28.3 Å². The van der Waals surface area contributed by atoms with Crippen LogP contribution in [0.15, 0.2) is 28.0 Å². The van der Waals surface area contributed by atoms with Crippen LogP contribution in [0.25, 0.3) is 0 Å². The van der Waals surface area contributed by atoms with Gasteiger partial charge in [-0.1, -0.05) is 0 Å². The monoisotopic (exact) mass is 351 g/mol. The van der Waals surface area contributed by atoms with E-state index < -0.39 is 51.8 Å². The summed E-state index contributed by atoms with van der Waals surface area (Å²) in [5.74, 6) is -2.12. The van der Waals surface area contributed by atoms with Gasteiger partial charge in [0.1, 0.15) is 4.90 Å². The van der Waals surface area contributed by atoms with Crippen molar-refractivity contribution in [3.63, 3.8) is 0 Å². The topological polar surface area (TPSA) is 138 Å². The maximum atomic E-state index is 12.0. The second kappa shape index (κ2) is 6.40. The molecule has 0 atom stereocenters. The van der Waals surface area contributed by atoms with Crippen LogP contribution in [0.1, 0.15) is 6.92 Å². The van der Waals surface area contributed by atoms with Crippen molar-refractivity contribution in [2.45, 2.75) is 16.7 Å². The smallest absolute Gasteiger partial charge is 0.321 e. The summed E-state index contributed by atoms with van der Waals surface area (Å²) in [7, 11) is -8.07. The fourth-order valence-corrected chi connectivity index (χ4v) is 3.49. The number of hydrogen-bond donors (Lipinski definition) is 0. The Morgan fingerprint density at radius 2 is 1.86 bits per heavy atom. The number of rotatable bonds is 6. The molecule has 0 radical (unpaired) electrons. The van der Waals surface area contributed by atoms with Crippen molar-refractivity contribution < 1.29 is 31.3 Å². The predicted octanol–water partition coefficient (Wildman–Crippen LogP) is 0.335. The molecule has 0 spiro atoms. The van der Waals surface area contributed by atoms with E-state index in [1.807, 2.05) is 0 Å². The Bertz CT molecular complexity index is 810. The third-order valence-electron chi connectivity index (χ3n) is 2.50. The number of hydrogen-bond acceptors (Lipinski definition) is 8. The third-order valence-corrected chi connectivity index (χ3v) is 5.24. The Labute approximate surface area is 126 Å². The molecule has 0 amide bonds. The van der Waals surface area contributed by atoms with E-state index in [0.717, 1.165) is 18.4 Å². The van der Waals surface area contributed by atoms with E-state index in [1.54, 1.807) is 0 Å². The van der Waals surface area contributed by atoms with Crippen molar-refractivity contribution in [3.8, 4) is 0 Å². The van der Waals surface area contributed by atoms with Crippen LogP contribution in [0.4, 0.5) is 5.69 Å². The summed E-state index contributed by atoms with van der Waals surface area (Å²) >= 11 is 0. The summed E-state index contributed by atoms with van der Waals surface area (Å²) in [5, 5.41) is 11.0. The summed E-state index contributed by atoms with van der Waals surface area (Å²) in [4.78, 5) is 20.1. The van der Waals surface area contributed by atoms with Gasteiger partial charge in [-0.15, -0.1) is 0 Å². The number of carbonyl (C=O) groups is 1. The Kier molecular flexibility index (Phi) is 5.25. The molecule has 0 saturated heterocycles. The molecule has 0 heterocycles. The summed E-state index contributed by atoms with van der Waals surface area (Å²) < 4.78 is 51.4. The predicted molar refractivity (Wildman–Crippen MR) is 74.9 cm³/mol. The number of nitro benzene ring substituents is 1. The Hall–Kier alpha value is -2.01. The van der Waals surface area contributed by atoms with Crippen LogP contribution in [-0.2, 0) is 29.2 Å². The van der Waals surface area contributed by atoms with Crippen molar-refractivity contribution in [2.75, 3.05) is 18.6 Å². The number of carbonyl (C=O) groups excluding carboxylic acids is 1. The van der Waals surface area contributed by atoms with E-state index in [1.165, 1.54) is 6.92 Å². The van der Waals surface area contributed by atoms with Gasteiger partial charge in [-0.25, -0.2) is 16.8 Å². The first-order chi connectivity index (χ1) is 9.99. The van der Waals surface area contributed by atoms with E-state index in [0.29, 0.717) is 6.07 Å². The van der Waals surface area contributed by atoms with Gasteiger partial charge >= 0.3 is 5.97 Å². The van der Waals surface area contributed by atoms with Crippen LogP contribution in [0, 0.1) is 10.1 Å². The number of benzene rings is 1. The molecule has 122 valence electrons. The van der Waals surface area contributed by atoms with Crippen molar-refractivity contribution in [2.24, 2.45) is 0 Å². The zero-order valence-corrected chi connectivity index (χ0v) is 13.3. The van der Waals surface area contributed by atoms with Crippen LogP contribution >= 0.6 is 0 Å². The van der Waals surface area contributed by atoms with Crippen molar-refractivity contribution in [1.29, 1.82) is 0 Å². The quantitative estimate of drug-likeness (QED) is 0.406. The van der Waals surface area contributed by atoms with Gasteiger partial charge < -0.3 is 4.74 Å². The fourth-order valence-electron chi connectivity index (χ4n) is 1.57. The molecule has 1 rings (SSSR count). The molecule has 0 saturated carbocycles. The molecule has 9 nitrogen and oxygen atoms in total. The highest BCUT2D eigenvalue weighted by molar-refractivity contribution is 7.92. The standard InChI is InChI=1S/C11H13NO8S2/c1-3-20-11(13)7-22(18,19)10-5-4-8(21(2,16)17)6-9(10)12(14)15/h4-6H,3,7H2,1-2H3. The lowest BCUT2D eigenvalue weighted by Crippen LogP contribution is -2.19. The molecular weight excluding hydrogens is 338 g/mol. The van der Waals surface area contributed by atoms with Gasteiger partial charge in [-0.05, 0) is 19.1 Å². The molecular formula is C11H13NO8S2. The second-order valence-electron chi connectivity index (χ2n) is 4.22. The minimum Gasteiger partial charge on any atom is -0.465 e. The first-order valence-corrected chi connectivity index (χ1v) is 9.40. The van der Waals surface area contributed by atoms with Gasteiger partial charge in [0.05, 0.1) is 16.4 Å². The van der Waals surface area contributed by atoms with Gasteiger partial charge in [0.15, 0.2) is 25.4 Å². The molecule has 0 fully saturated rings. The molecule has 1 aromatic carbocycles. The lowest BCUT2D eigenvalue weighted by atomic mass is 10.3. The molecule has 0 aromatic heterocycles. The van der Waals surface area contributed by atoms with Crippen LogP contribution in [0.3, 0.4) is 0 Å². The summed E-state index contributed by atoms with van der Waals surface area (Å²) in [6.45, 7) is 1.44. The highest BCUT2D eigenvalue weighted by Gasteiger charge is 2.30. The Morgan fingerprint density at radius 1 is 1.27 bits per heavy atom. The molecule has 22 heavy (non-hydrogen) atoms. The SMILES string of the molecule is CCOC(=O)CS(=O)(=O)c1ccc(S(C)(=O)=O)cc1[N+](=O)[O-]. The van der Waals surface area contributed by atoms with E-state index in [9.17, 15) is 31.7 Å². The highest BCUT2D eigenvalue weighted by Crippen LogP contribution is 2.28. The molecule has 0 aliphatic heterocycles. The highest BCUT2D eigenvalue weighted by atomic mass is 32.2. The fraction of sp³-hybridized carbons (Fsp3) is 0.364. The maximum Gasteiger partial charge on any atom is 0.321 e. The largest absolute Gasteiger partial charge is 0.465 e. The third kappa shape index (κ3) is 4.24. The van der Waals surface area contributed by atoms with Crippen LogP contribution in [0.2, 0.25) is 0 Å². The minimum atomic E-state index is -4.33. The number of nitrogens with zero attached hydrogens (tertiary/aromatic N) is 1. The zero-order valence-electron chi connectivity index (χ0n) is 11.7. The van der Waals surface area contributed by atoms with Crippen molar-refractivity contribution >= 4 is 31.3 Å². The van der Waals surface area contributed by atoms with Gasteiger partial charge in [-0.3, -0.25) is 14.9 Å². The Balaban J connectivity index is 3.42. The van der Waals surface area contributed by atoms with E-state index in [2.05, 4.69) is 4.74 Å². The number of esters is 1. The second-order valence-corrected chi connectivity index (χ2v) is 8.20. The number of nitro groups is 1. The van der Waals surface area contributed by atoms with E-state index in [-0.39, 0.29) is 6.61 Å². The number of ether oxygens (including phenoxy) is 1. The van der Waals surface area contributed by atoms with E-state index >= 15 is 0 Å². The molecule has 0 aliphatic rings. The zero-order chi connectivity index (χ0) is 17.1. The first-order valence-electron chi connectivity index (χ1n) is 5.86. The molecule has 0 bridgehead atoms. The van der Waals surface area contributed by atoms with Gasteiger partial charge in [0.25, 0.3) is 5.69 Å². The summed E-state index contributed by atoms with van der Waals surface area (Å²) in [5.41, 5.74) is -0.910. The molecule has 0 N–H and O–H groups in total. The minimum absolute atomic E-state index is 0.0382. The van der Waals surface area contributed by atoms with E-state index in [4.69, 9.17) is 0 Å². The molecule has 0 aliphatic carbocycles.